The van der Waals surface area contributed by atoms with Crippen molar-refractivity contribution in [3.63, 3.8) is 0 Å². The zero-order chi connectivity index (χ0) is 36.6. The number of aliphatic carboxylic acids is 2. The SMILES string of the molecule is O=C(O)CC(=O)OC[C@H]1O[C@@H](OC2=Cc3c(O)cc(O)cc3OC2c2ccc(O)c(O)c2)[C@H](O[C@@H]2O[C@H](C(=O)O)[C@@H](O)[C@H](O)[C@H]2O)[C@@H](O)[C@@H]1O. The van der Waals surface area contributed by atoms with Crippen LogP contribution in [0.5, 0.6) is 28.7 Å². The maximum atomic E-state index is 11.9. The first-order valence-corrected chi connectivity index (χ1v) is 14.6. The van der Waals surface area contributed by atoms with Gasteiger partial charge in [0.1, 0.15) is 72.7 Å². The van der Waals surface area contributed by atoms with Gasteiger partial charge in [-0.1, -0.05) is 6.07 Å². The maximum Gasteiger partial charge on any atom is 0.335 e. The van der Waals surface area contributed by atoms with Crippen LogP contribution in [0.3, 0.4) is 0 Å². The second kappa shape index (κ2) is 14.5. The average molecular weight is 713 g/mol. The molecule has 2 saturated heterocycles. The summed E-state index contributed by atoms with van der Waals surface area (Å²) in [4.78, 5) is 34.5. The number of aliphatic hydroxyl groups excluding tert-OH is 5. The first-order valence-electron chi connectivity index (χ1n) is 14.6. The predicted molar refractivity (Wildman–Crippen MR) is 155 cm³/mol. The molecule has 0 bridgehead atoms. The standard InChI is InChI=1S/C30H32O20/c31-10-4-13(33)11-6-16(25(46-15(11)5-10)9-1-2-12(32)14(34)3-9)47-30-27(50-29-24(42)21(39)23(41)26(49-29)28(43)44)22(40)20(38)17(48-30)8-45-19(37)7-18(35)36/h1-6,17,20-27,29-34,38-42H,7-8H2,(H,35,36)(H,43,44)/t17-,20-,21+,22+,23+,24-,25?,26+,27-,29+,30-/m1/s1. The first kappa shape index (κ1) is 36.4. The summed E-state index contributed by atoms with van der Waals surface area (Å²) >= 11 is 0. The fourth-order valence-electron chi connectivity index (χ4n) is 5.36. The van der Waals surface area contributed by atoms with Gasteiger partial charge < -0.3 is 84.6 Å². The van der Waals surface area contributed by atoms with Crippen LogP contribution < -0.4 is 4.74 Å². The minimum Gasteiger partial charge on any atom is -0.508 e. The van der Waals surface area contributed by atoms with E-state index in [0.717, 1.165) is 24.3 Å². The number of rotatable bonds is 10. The molecule has 2 fully saturated rings. The molecule has 272 valence electrons. The molecule has 3 aliphatic heterocycles. The van der Waals surface area contributed by atoms with Gasteiger partial charge in [-0.2, -0.15) is 0 Å². The van der Waals surface area contributed by atoms with Crippen LogP contribution in [0.15, 0.2) is 36.1 Å². The first-order chi connectivity index (χ1) is 23.5. The predicted octanol–water partition coefficient (Wildman–Crippen LogP) is -2.26. The highest BCUT2D eigenvalue weighted by Crippen LogP contribution is 2.45. The molecule has 2 aromatic rings. The van der Waals surface area contributed by atoms with Gasteiger partial charge in [-0.3, -0.25) is 9.59 Å². The number of ether oxygens (including phenoxy) is 6. The number of benzene rings is 2. The summed E-state index contributed by atoms with van der Waals surface area (Å²) in [6, 6.07) is 5.59. The van der Waals surface area contributed by atoms with Gasteiger partial charge in [-0.05, 0) is 18.2 Å². The van der Waals surface area contributed by atoms with Crippen molar-refractivity contribution in [1.82, 2.24) is 0 Å². The third-order valence-corrected chi connectivity index (χ3v) is 7.90. The lowest BCUT2D eigenvalue weighted by molar-refractivity contribution is -0.360. The molecule has 5 rings (SSSR count). The van der Waals surface area contributed by atoms with Crippen molar-refractivity contribution in [1.29, 1.82) is 0 Å². The molecular formula is C30H32O20. The Bertz CT molecular complexity index is 1640. The number of carbonyl (C=O) groups excluding carboxylic acids is 1. The number of aliphatic hydroxyl groups is 5. The number of hydrogen-bond acceptors (Lipinski definition) is 18. The number of carboxylic acids is 2. The molecule has 0 aliphatic carbocycles. The number of carboxylic acid groups (broad SMARTS) is 2. The Balaban J connectivity index is 1.53. The Morgan fingerprint density at radius 1 is 0.760 bits per heavy atom. The number of esters is 1. The summed E-state index contributed by atoms with van der Waals surface area (Å²) in [5.41, 5.74) is 0.0398. The van der Waals surface area contributed by atoms with Crippen LogP contribution in [0.25, 0.3) is 6.08 Å². The molecule has 0 radical (unpaired) electrons. The fraction of sp³-hybridized carbons (Fsp3) is 0.433. The van der Waals surface area contributed by atoms with Crippen molar-refractivity contribution in [2.24, 2.45) is 0 Å². The molecule has 3 heterocycles. The van der Waals surface area contributed by atoms with E-state index in [1.165, 1.54) is 12.1 Å². The van der Waals surface area contributed by atoms with Gasteiger partial charge >= 0.3 is 17.9 Å². The third-order valence-electron chi connectivity index (χ3n) is 7.90. The summed E-state index contributed by atoms with van der Waals surface area (Å²) in [5.74, 6) is -6.92. The number of aromatic hydroxyl groups is 4. The van der Waals surface area contributed by atoms with Gasteiger partial charge in [0.05, 0.1) is 5.56 Å². The largest absolute Gasteiger partial charge is 0.508 e. The topological polar surface area (TPSA) is 329 Å². The highest BCUT2D eigenvalue weighted by molar-refractivity contribution is 5.90. The fourth-order valence-corrected chi connectivity index (χ4v) is 5.36. The Kier molecular flexibility index (Phi) is 10.5. The van der Waals surface area contributed by atoms with Gasteiger partial charge in [-0.25, -0.2) is 4.79 Å². The Morgan fingerprint density at radius 2 is 1.48 bits per heavy atom. The molecule has 0 saturated carbocycles. The quantitative estimate of drug-likeness (QED) is 0.0703. The molecule has 11 N–H and O–H groups in total. The molecule has 0 spiro atoms. The van der Waals surface area contributed by atoms with E-state index in [1.807, 2.05) is 0 Å². The van der Waals surface area contributed by atoms with Crippen molar-refractivity contribution < 1.29 is 99.0 Å². The zero-order valence-electron chi connectivity index (χ0n) is 25.3. The van der Waals surface area contributed by atoms with Crippen molar-refractivity contribution in [2.75, 3.05) is 6.61 Å². The van der Waals surface area contributed by atoms with E-state index in [-0.39, 0.29) is 22.6 Å². The Hall–Kier alpha value is -4.93. The van der Waals surface area contributed by atoms with Crippen molar-refractivity contribution >= 4 is 24.0 Å². The van der Waals surface area contributed by atoms with E-state index in [0.29, 0.717) is 0 Å². The minimum absolute atomic E-state index is 0.0579. The highest BCUT2D eigenvalue weighted by Gasteiger charge is 2.53. The summed E-state index contributed by atoms with van der Waals surface area (Å²) in [6.07, 6.45) is -21.6. The molecule has 11 atom stereocenters. The lowest BCUT2D eigenvalue weighted by Crippen LogP contribution is -2.65. The van der Waals surface area contributed by atoms with Gasteiger partial charge in [0.15, 0.2) is 36.1 Å². The zero-order valence-corrected chi connectivity index (χ0v) is 25.3. The second-order valence-electron chi connectivity index (χ2n) is 11.4. The van der Waals surface area contributed by atoms with Crippen LogP contribution in [0, 0.1) is 0 Å². The number of hydrogen-bond donors (Lipinski definition) is 11. The minimum atomic E-state index is -2.14. The van der Waals surface area contributed by atoms with Crippen molar-refractivity contribution in [2.45, 2.75) is 73.9 Å². The summed E-state index contributed by atoms with van der Waals surface area (Å²) in [5, 5.41) is 112. The number of fused-ring (bicyclic) bond motifs is 1. The number of phenols is 4. The van der Waals surface area contributed by atoms with Gasteiger partial charge in [0.25, 0.3) is 0 Å². The molecule has 2 aromatic carbocycles. The van der Waals surface area contributed by atoms with Gasteiger partial charge in [-0.15, -0.1) is 0 Å². The lowest BCUT2D eigenvalue weighted by atomic mass is 9.97. The van der Waals surface area contributed by atoms with Crippen LogP contribution in [-0.4, -0.2) is 142 Å². The molecule has 0 aromatic heterocycles. The molecule has 20 nitrogen and oxygen atoms in total. The van der Waals surface area contributed by atoms with Gasteiger partial charge in [0.2, 0.25) is 6.29 Å². The maximum absolute atomic E-state index is 11.9. The molecular weight excluding hydrogens is 680 g/mol. The molecule has 1 unspecified atom stereocenters. The second-order valence-corrected chi connectivity index (χ2v) is 11.4. The normalized spacial score (nSPS) is 32.2. The number of phenolic OH excluding ortho intramolecular Hbond substituents is 4. The summed E-state index contributed by atoms with van der Waals surface area (Å²) < 4.78 is 33.4. The molecule has 20 heteroatoms. The van der Waals surface area contributed by atoms with Crippen LogP contribution in [0.2, 0.25) is 0 Å². The summed E-state index contributed by atoms with van der Waals surface area (Å²) in [7, 11) is 0. The van der Waals surface area contributed by atoms with Crippen molar-refractivity contribution in [3.8, 4) is 28.7 Å². The van der Waals surface area contributed by atoms with Crippen LogP contribution in [0.1, 0.15) is 23.7 Å². The highest BCUT2D eigenvalue weighted by atomic mass is 16.8. The van der Waals surface area contributed by atoms with E-state index in [4.69, 9.17) is 33.5 Å². The van der Waals surface area contributed by atoms with Crippen LogP contribution >= 0.6 is 0 Å². The summed E-state index contributed by atoms with van der Waals surface area (Å²) in [6.45, 7) is -0.848. The molecule has 50 heavy (non-hydrogen) atoms. The number of carbonyl (C=O) groups is 3. The van der Waals surface area contributed by atoms with E-state index in [2.05, 4.69) is 0 Å². The molecule has 3 aliphatic rings. The average Bonchev–Trinajstić information content (AvgIpc) is 3.04. The van der Waals surface area contributed by atoms with Crippen LogP contribution in [0.4, 0.5) is 0 Å². The monoisotopic (exact) mass is 712 g/mol. The Morgan fingerprint density at radius 3 is 2.14 bits per heavy atom. The van der Waals surface area contributed by atoms with Gasteiger partial charge in [0, 0.05) is 17.7 Å². The molecule has 0 amide bonds. The van der Waals surface area contributed by atoms with E-state index in [1.54, 1.807) is 0 Å². The van der Waals surface area contributed by atoms with Crippen molar-refractivity contribution in [3.05, 3.63) is 47.2 Å². The van der Waals surface area contributed by atoms with Crippen LogP contribution in [-0.2, 0) is 38.1 Å². The smallest absolute Gasteiger partial charge is 0.335 e. The Labute approximate surface area is 279 Å². The third kappa shape index (κ3) is 7.46. The van der Waals surface area contributed by atoms with E-state index >= 15 is 0 Å². The van der Waals surface area contributed by atoms with E-state index in [9.17, 15) is 65.4 Å². The van der Waals surface area contributed by atoms with E-state index < -0.39 is 121 Å². The lowest BCUT2D eigenvalue weighted by Gasteiger charge is -2.46.